The lowest BCUT2D eigenvalue weighted by molar-refractivity contribution is 0.411. The van der Waals surface area contributed by atoms with Crippen LogP contribution in [-0.2, 0) is 0 Å². The van der Waals surface area contributed by atoms with Crippen molar-refractivity contribution in [3.8, 4) is 5.75 Å². The molecule has 1 N–H and O–H groups in total. The molecule has 0 bridgehead atoms. The first kappa shape index (κ1) is 13.5. The zero-order chi connectivity index (χ0) is 13.5. The molecule has 0 aliphatic carbocycles. The van der Waals surface area contributed by atoms with Gasteiger partial charge in [0.05, 0.1) is 19.3 Å². The van der Waals surface area contributed by atoms with Crippen LogP contribution in [0.25, 0.3) is 0 Å². The maximum Gasteiger partial charge on any atom is 0.137 e. The molecule has 0 amide bonds. The van der Waals surface area contributed by atoms with Gasteiger partial charge in [-0.25, -0.2) is 0 Å². The summed E-state index contributed by atoms with van der Waals surface area (Å²) in [7, 11) is 1.65. The van der Waals surface area contributed by atoms with Gasteiger partial charge < -0.3 is 10.1 Å². The molecule has 0 radical (unpaired) electrons. The molecule has 0 aromatic carbocycles. The number of hydrogen-bond donors (Lipinski definition) is 1. The van der Waals surface area contributed by atoms with E-state index in [1.807, 2.05) is 24.5 Å². The monoisotopic (exact) mass is 257 g/mol. The fraction of sp³-hybridized carbons (Fsp3) is 0.333. The molecule has 1 unspecified atom stereocenters. The summed E-state index contributed by atoms with van der Waals surface area (Å²) >= 11 is 0. The highest BCUT2D eigenvalue weighted by atomic mass is 16.5. The maximum absolute atomic E-state index is 5.24. The van der Waals surface area contributed by atoms with E-state index >= 15 is 0 Å². The number of methoxy groups -OCH3 is 1. The van der Waals surface area contributed by atoms with Crippen LogP contribution in [0.2, 0.25) is 0 Å². The number of hydrogen-bond acceptors (Lipinski definition) is 4. The van der Waals surface area contributed by atoms with Crippen molar-refractivity contribution in [2.24, 2.45) is 0 Å². The third-order valence-corrected chi connectivity index (χ3v) is 2.92. The molecule has 0 saturated heterocycles. The Morgan fingerprint density at radius 3 is 2.74 bits per heavy atom. The Morgan fingerprint density at radius 2 is 2.05 bits per heavy atom. The van der Waals surface area contributed by atoms with Crippen molar-refractivity contribution in [3.05, 3.63) is 54.1 Å². The number of aromatic nitrogens is 2. The summed E-state index contributed by atoms with van der Waals surface area (Å²) in [6.07, 6.45) is 8.32. The molecule has 0 aliphatic rings. The molecule has 2 rings (SSSR count). The molecule has 19 heavy (non-hydrogen) atoms. The first-order chi connectivity index (χ1) is 9.35. The first-order valence-corrected chi connectivity index (χ1v) is 6.47. The van der Waals surface area contributed by atoms with E-state index in [1.54, 1.807) is 19.5 Å². The van der Waals surface area contributed by atoms with E-state index in [9.17, 15) is 0 Å². The van der Waals surface area contributed by atoms with E-state index in [1.165, 1.54) is 0 Å². The SMILES string of the molecule is CCCNC(c1cccnc1)c1cncc(OC)c1. The van der Waals surface area contributed by atoms with Crippen molar-refractivity contribution >= 4 is 0 Å². The molecule has 0 fully saturated rings. The fourth-order valence-electron chi connectivity index (χ4n) is 1.97. The number of nitrogens with zero attached hydrogens (tertiary/aromatic N) is 2. The molecular weight excluding hydrogens is 238 g/mol. The quantitative estimate of drug-likeness (QED) is 0.864. The Morgan fingerprint density at radius 1 is 1.21 bits per heavy atom. The van der Waals surface area contributed by atoms with Crippen molar-refractivity contribution in [2.45, 2.75) is 19.4 Å². The van der Waals surface area contributed by atoms with Crippen LogP contribution in [-0.4, -0.2) is 23.6 Å². The first-order valence-electron chi connectivity index (χ1n) is 6.47. The van der Waals surface area contributed by atoms with E-state index < -0.39 is 0 Å². The van der Waals surface area contributed by atoms with E-state index in [2.05, 4.69) is 28.3 Å². The zero-order valence-electron chi connectivity index (χ0n) is 11.3. The average molecular weight is 257 g/mol. The average Bonchev–Trinajstić information content (AvgIpc) is 2.49. The predicted octanol–water partition coefficient (Wildman–Crippen LogP) is 2.57. The summed E-state index contributed by atoms with van der Waals surface area (Å²) in [4.78, 5) is 8.41. The number of ether oxygens (including phenoxy) is 1. The Hall–Kier alpha value is -1.94. The molecule has 0 saturated carbocycles. The minimum atomic E-state index is 0.0937. The number of pyridine rings is 2. The van der Waals surface area contributed by atoms with Gasteiger partial charge in [0.15, 0.2) is 0 Å². The van der Waals surface area contributed by atoms with E-state index in [4.69, 9.17) is 4.74 Å². The minimum Gasteiger partial charge on any atom is -0.495 e. The lowest BCUT2D eigenvalue weighted by atomic mass is 10.0. The summed E-state index contributed by atoms with van der Waals surface area (Å²) < 4.78 is 5.24. The van der Waals surface area contributed by atoms with Gasteiger partial charge in [0.25, 0.3) is 0 Å². The Bertz CT molecular complexity index is 502. The third kappa shape index (κ3) is 3.51. The van der Waals surface area contributed by atoms with Crippen LogP contribution in [0.5, 0.6) is 5.75 Å². The summed E-state index contributed by atoms with van der Waals surface area (Å²) in [6, 6.07) is 6.12. The molecule has 2 aromatic heterocycles. The van der Waals surface area contributed by atoms with Crippen LogP contribution in [0.15, 0.2) is 43.0 Å². The number of nitrogens with one attached hydrogen (secondary N) is 1. The molecule has 100 valence electrons. The van der Waals surface area contributed by atoms with Crippen LogP contribution in [0.3, 0.4) is 0 Å². The number of rotatable bonds is 6. The molecule has 0 spiro atoms. The highest BCUT2D eigenvalue weighted by Crippen LogP contribution is 2.23. The molecule has 2 heterocycles. The van der Waals surface area contributed by atoms with Crippen molar-refractivity contribution < 1.29 is 4.74 Å². The van der Waals surface area contributed by atoms with Crippen LogP contribution in [0, 0.1) is 0 Å². The molecule has 2 aromatic rings. The highest BCUT2D eigenvalue weighted by molar-refractivity contribution is 5.32. The lowest BCUT2D eigenvalue weighted by Crippen LogP contribution is -2.23. The van der Waals surface area contributed by atoms with Crippen molar-refractivity contribution in [3.63, 3.8) is 0 Å². The van der Waals surface area contributed by atoms with Crippen molar-refractivity contribution in [1.29, 1.82) is 0 Å². The van der Waals surface area contributed by atoms with Gasteiger partial charge in [-0.05, 0) is 36.2 Å². The van der Waals surface area contributed by atoms with E-state index in [0.717, 1.165) is 29.8 Å². The summed E-state index contributed by atoms with van der Waals surface area (Å²) in [6.45, 7) is 3.09. The van der Waals surface area contributed by atoms with Gasteiger partial charge in [0, 0.05) is 18.6 Å². The van der Waals surface area contributed by atoms with E-state index in [0.29, 0.717) is 0 Å². The van der Waals surface area contributed by atoms with Crippen LogP contribution >= 0.6 is 0 Å². The van der Waals surface area contributed by atoms with Gasteiger partial charge in [-0.15, -0.1) is 0 Å². The molecule has 4 nitrogen and oxygen atoms in total. The zero-order valence-corrected chi connectivity index (χ0v) is 11.3. The second-order valence-corrected chi connectivity index (χ2v) is 4.33. The van der Waals surface area contributed by atoms with Crippen LogP contribution in [0.1, 0.15) is 30.5 Å². The van der Waals surface area contributed by atoms with Crippen LogP contribution in [0.4, 0.5) is 0 Å². The Kier molecular flexibility index (Phi) is 4.86. The van der Waals surface area contributed by atoms with Gasteiger partial charge in [0.1, 0.15) is 5.75 Å². The van der Waals surface area contributed by atoms with Gasteiger partial charge in [-0.2, -0.15) is 0 Å². The van der Waals surface area contributed by atoms with Crippen molar-refractivity contribution in [1.82, 2.24) is 15.3 Å². The van der Waals surface area contributed by atoms with E-state index in [-0.39, 0.29) is 6.04 Å². The Labute approximate surface area is 113 Å². The van der Waals surface area contributed by atoms with Crippen LogP contribution < -0.4 is 10.1 Å². The fourth-order valence-corrected chi connectivity index (χ4v) is 1.97. The molecule has 0 aliphatic heterocycles. The lowest BCUT2D eigenvalue weighted by Gasteiger charge is -2.19. The summed E-state index contributed by atoms with van der Waals surface area (Å²) in [5, 5.41) is 3.52. The second-order valence-electron chi connectivity index (χ2n) is 4.33. The molecular formula is C15H19N3O. The minimum absolute atomic E-state index is 0.0937. The maximum atomic E-state index is 5.24. The smallest absolute Gasteiger partial charge is 0.137 e. The van der Waals surface area contributed by atoms with Gasteiger partial charge in [-0.3, -0.25) is 9.97 Å². The van der Waals surface area contributed by atoms with Gasteiger partial charge in [0.2, 0.25) is 0 Å². The summed E-state index contributed by atoms with van der Waals surface area (Å²) in [5.74, 6) is 0.768. The normalized spacial score (nSPS) is 12.1. The Balaban J connectivity index is 2.31. The molecule has 4 heteroatoms. The molecule has 1 atom stereocenters. The van der Waals surface area contributed by atoms with Gasteiger partial charge in [-0.1, -0.05) is 13.0 Å². The second kappa shape index (κ2) is 6.85. The highest BCUT2D eigenvalue weighted by Gasteiger charge is 2.14. The van der Waals surface area contributed by atoms with Crippen molar-refractivity contribution in [2.75, 3.05) is 13.7 Å². The third-order valence-electron chi connectivity index (χ3n) is 2.92. The largest absolute Gasteiger partial charge is 0.495 e. The standard InChI is InChI=1S/C15H19N3O/c1-3-6-18-15(12-5-4-7-16-9-12)13-8-14(19-2)11-17-10-13/h4-5,7-11,15,18H,3,6H2,1-2H3. The predicted molar refractivity (Wildman–Crippen MR) is 75.2 cm³/mol. The van der Waals surface area contributed by atoms with Gasteiger partial charge >= 0.3 is 0 Å². The topological polar surface area (TPSA) is 47.0 Å². The summed E-state index contributed by atoms with van der Waals surface area (Å²) in [5.41, 5.74) is 2.21.